The quantitative estimate of drug-likeness (QED) is 0.569. The maximum absolute atomic E-state index is 12.6. The number of hydrogen-bond donors (Lipinski definition) is 2. The zero-order valence-corrected chi connectivity index (χ0v) is 13.8. The third-order valence-electron chi connectivity index (χ3n) is 4.22. The van der Waals surface area contributed by atoms with Crippen molar-refractivity contribution in [3.8, 4) is 0 Å². The van der Waals surface area contributed by atoms with E-state index < -0.39 is 36.6 Å². The molecule has 0 spiro atoms. The second kappa shape index (κ2) is 6.54. The van der Waals surface area contributed by atoms with E-state index in [-0.39, 0.29) is 11.9 Å². The Kier molecular flexibility index (Phi) is 4.43. The molecule has 1 aromatic rings. The number of hydrogen-bond acceptors (Lipinski definition) is 5. The number of benzene rings is 1. The zero-order valence-electron chi connectivity index (χ0n) is 13.8. The summed E-state index contributed by atoms with van der Waals surface area (Å²) in [7, 11) is 0. The molecule has 0 bridgehead atoms. The molecule has 2 fully saturated rings. The summed E-state index contributed by atoms with van der Waals surface area (Å²) >= 11 is 0. The maximum Gasteiger partial charge on any atom is 0.326 e. The lowest BCUT2D eigenvalue weighted by Gasteiger charge is -2.21. The highest BCUT2D eigenvalue weighted by molar-refractivity contribution is 6.08. The molecular formula is C17H19N3O5. The van der Waals surface area contributed by atoms with E-state index in [9.17, 15) is 19.2 Å². The summed E-state index contributed by atoms with van der Waals surface area (Å²) in [4.78, 5) is 48.9. The minimum atomic E-state index is -1.23. The van der Waals surface area contributed by atoms with E-state index in [1.165, 1.54) is 0 Å². The molecule has 2 N–H and O–H groups in total. The van der Waals surface area contributed by atoms with Crippen LogP contribution in [0.4, 0.5) is 4.79 Å². The van der Waals surface area contributed by atoms with Crippen LogP contribution in [0.1, 0.15) is 25.3 Å². The molecule has 1 atom stereocenters. The lowest BCUT2D eigenvalue weighted by Crippen LogP contribution is -2.42. The highest BCUT2D eigenvalue weighted by Gasteiger charge is 2.49. The van der Waals surface area contributed by atoms with Gasteiger partial charge < -0.3 is 15.4 Å². The number of nitrogens with one attached hydrogen (secondary N) is 2. The SMILES string of the molecule is C[C@@]1(c2ccccc2)NC(=O)N(CC(=O)OCC(=O)NC2CC2)C1=O. The van der Waals surface area contributed by atoms with Crippen LogP contribution in [-0.4, -0.2) is 47.9 Å². The molecule has 8 heteroatoms. The molecule has 1 saturated carbocycles. The number of amides is 4. The molecule has 25 heavy (non-hydrogen) atoms. The van der Waals surface area contributed by atoms with Crippen LogP contribution < -0.4 is 10.6 Å². The summed E-state index contributed by atoms with van der Waals surface area (Å²) in [5.74, 6) is -1.74. The molecule has 1 saturated heterocycles. The fourth-order valence-electron chi connectivity index (χ4n) is 2.63. The smallest absolute Gasteiger partial charge is 0.326 e. The van der Waals surface area contributed by atoms with E-state index in [1.54, 1.807) is 37.3 Å². The maximum atomic E-state index is 12.6. The molecule has 1 aromatic carbocycles. The molecule has 2 aliphatic rings. The van der Waals surface area contributed by atoms with Gasteiger partial charge in [-0.15, -0.1) is 0 Å². The molecular weight excluding hydrogens is 326 g/mol. The van der Waals surface area contributed by atoms with Gasteiger partial charge in [0.1, 0.15) is 12.1 Å². The van der Waals surface area contributed by atoms with E-state index in [0.717, 1.165) is 17.7 Å². The van der Waals surface area contributed by atoms with Crippen molar-refractivity contribution in [1.82, 2.24) is 15.5 Å². The van der Waals surface area contributed by atoms with Gasteiger partial charge in [0.2, 0.25) is 0 Å². The van der Waals surface area contributed by atoms with Crippen LogP contribution in [0.3, 0.4) is 0 Å². The predicted octanol–water partition coefficient (Wildman–Crippen LogP) is 0.275. The molecule has 1 aliphatic heterocycles. The third-order valence-corrected chi connectivity index (χ3v) is 4.22. The van der Waals surface area contributed by atoms with Crippen molar-refractivity contribution in [2.45, 2.75) is 31.3 Å². The van der Waals surface area contributed by atoms with Gasteiger partial charge in [0.05, 0.1) is 0 Å². The molecule has 0 aromatic heterocycles. The molecule has 0 radical (unpaired) electrons. The van der Waals surface area contributed by atoms with Gasteiger partial charge in [-0.05, 0) is 25.3 Å². The van der Waals surface area contributed by atoms with E-state index in [2.05, 4.69) is 10.6 Å². The Morgan fingerprint density at radius 3 is 2.60 bits per heavy atom. The van der Waals surface area contributed by atoms with Gasteiger partial charge in [0, 0.05) is 6.04 Å². The minimum absolute atomic E-state index is 0.170. The van der Waals surface area contributed by atoms with Crippen molar-refractivity contribution in [2.75, 3.05) is 13.2 Å². The predicted molar refractivity (Wildman–Crippen MR) is 86.2 cm³/mol. The van der Waals surface area contributed by atoms with E-state index >= 15 is 0 Å². The normalized spacial score (nSPS) is 22.5. The van der Waals surface area contributed by atoms with E-state index in [4.69, 9.17) is 4.74 Å². The number of urea groups is 1. The number of ether oxygens (including phenoxy) is 1. The van der Waals surface area contributed by atoms with Crippen LogP contribution in [-0.2, 0) is 24.7 Å². The summed E-state index contributed by atoms with van der Waals surface area (Å²) in [5, 5.41) is 5.28. The number of carbonyl (C=O) groups excluding carboxylic acids is 4. The monoisotopic (exact) mass is 345 g/mol. The molecule has 4 amide bonds. The average molecular weight is 345 g/mol. The topological polar surface area (TPSA) is 105 Å². The fourth-order valence-corrected chi connectivity index (χ4v) is 2.63. The Bertz CT molecular complexity index is 716. The first-order valence-electron chi connectivity index (χ1n) is 8.05. The first-order chi connectivity index (χ1) is 11.9. The minimum Gasteiger partial charge on any atom is -0.454 e. The number of carbonyl (C=O) groups is 4. The summed E-state index contributed by atoms with van der Waals surface area (Å²) in [5.41, 5.74) is -0.616. The number of imide groups is 1. The van der Waals surface area contributed by atoms with Crippen LogP contribution in [0, 0.1) is 0 Å². The van der Waals surface area contributed by atoms with Crippen molar-refractivity contribution in [3.63, 3.8) is 0 Å². The Hall–Kier alpha value is -2.90. The number of rotatable bonds is 6. The first-order valence-corrected chi connectivity index (χ1v) is 8.05. The second-order valence-electron chi connectivity index (χ2n) is 6.31. The Morgan fingerprint density at radius 2 is 1.96 bits per heavy atom. The second-order valence-corrected chi connectivity index (χ2v) is 6.31. The van der Waals surface area contributed by atoms with Gasteiger partial charge in [-0.1, -0.05) is 30.3 Å². The largest absolute Gasteiger partial charge is 0.454 e. The number of nitrogens with zero attached hydrogens (tertiary/aromatic N) is 1. The Balaban J connectivity index is 1.58. The van der Waals surface area contributed by atoms with Crippen LogP contribution >= 0.6 is 0 Å². The van der Waals surface area contributed by atoms with Gasteiger partial charge in [0.15, 0.2) is 6.61 Å². The summed E-state index contributed by atoms with van der Waals surface area (Å²) < 4.78 is 4.84. The highest BCUT2D eigenvalue weighted by atomic mass is 16.5. The molecule has 0 unspecified atom stereocenters. The molecule has 1 heterocycles. The van der Waals surface area contributed by atoms with Crippen molar-refractivity contribution >= 4 is 23.8 Å². The summed E-state index contributed by atoms with van der Waals surface area (Å²) in [6, 6.07) is 8.27. The van der Waals surface area contributed by atoms with Crippen LogP contribution in [0.15, 0.2) is 30.3 Å². The van der Waals surface area contributed by atoms with Crippen LogP contribution in [0.25, 0.3) is 0 Å². The van der Waals surface area contributed by atoms with Gasteiger partial charge in [0.25, 0.3) is 11.8 Å². The zero-order chi connectivity index (χ0) is 18.0. The van der Waals surface area contributed by atoms with Gasteiger partial charge in [-0.25, -0.2) is 4.79 Å². The van der Waals surface area contributed by atoms with Gasteiger partial charge in [-0.3, -0.25) is 19.3 Å². The Labute approximate surface area is 144 Å². The first kappa shape index (κ1) is 16.9. The van der Waals surface area contributed by atoms with Crippen molar-refractivity contribution in [3.05, 3.63) is 35.9 Å². The van der Waals surface area contributed by atoms with E-state index in [1.807, 2.05) is 0 Å². The van der Waals surface area contributed by atoms with Crippen molar-refractivity contribution in [2.24, 2.45) is 0 Å². The van der Waals surface area contributed by atoms with Crippen molar-refractivity contribution in [1.29, 1.82) is 0 Å². The van der Waals surface area contributed by atoms with Crippen LogP contribution in [0.5, 0.6) is 0 Å². The average Bonchev–Trinajstić information content (AvgIpc) is 3.38. The van der Waals surface area contributed by atoms with Crippen molar-refractivity contribution < 1.29 is 23.9 Å². The highest BCUT2D eigenvalue weighted by Crippen LogP contribution is 2.28. The van der Waals surface area contributed by atoms with Gasteiger partial charge in [-0.2, -0.15) is 0 Å². The van der Waals surface area contributed by atoms with Gasteiger partial charge >= 0.3 is 12.0 Å². The lowest BCUT2D eigenvalue weighted by atomic mass is 9.92. The third kappa shape index (κ3) is 3.62. The lowest BCUT2D eigenvalue weighted by molar-refractivity contribution is -0.151. The summed E-state index contributed by atoms with van der Waals surface area (Å²) in [6.07, 6.45) is 1.86. The van der Waals surface area contributed by atoms with E-state index in [0.29, 0.717) is 5.56 Å². The van der Waals surface area contributed by atoms with Crippen LogP contribution in [0.2, 0.25) is 0 Å². The molecule has 3 rings (SSSR count). The Morgan fingerprint density at radius 1 is 1.28 bits per heavy atom. The molecule has 8 nitrogen and oxygen atoms in total. The molecule has 132 valence electrons. The summed E-state index contributed by atoms with van der Waals surface area (Å²) in [6.45, 7) is 0.621. The number of esters is 1. The molecule has 1 aliphatic carbocycles. The standard InChI is InChI=1S/C17H19N3O5/c1-17(11-5-3-2-4-6-11)15(23)20(16(24)19-17)9-14(22)25-10-13(21)18-12-7-8-12/h2-6,12H,7-10H2,1H3,(H,18,21)(H,19,24)/t17-/m0/s1. The fraction of sp³-hybridized carbons (Fsp3) is 0.412.